The standard InChI is InChI=1S/C10H18O.C6H14/c1-2-10(8-5-9-11)6-3-4-7-10;1-5-6(2,3)4/h5,8,11H,2-4,6-7,9H2,1H3;5H2,1-4H3/b8-5-;. The van der Waals surface area contributed by atoms with Crippen molar-refractivity contribution in [1.29, 1.82) is 0 Å². The van der Waals surface area contributed by atoms with Crippen molar-refractivity contribution in [2.75, 3.05) is 6.61 Å². The molecule has 1 aliphatic rings. The van der Waals surface area contributed by atoms with Gasteiger partial charge in [-0.1, -0.05) is 66.0 Å². The summed E-state index contributed by atoms with van der Waals surface area (Å²) in [6.45, 7) is 11.4. The van der Waals surface area contributed by atoms with Crippen LogP contribution in [0, 0.1) is 10.8 Å². The summed E-state index contributed by atoms with van der Waals surface area (Å²) in [4.78, 5) is 0. The molecule has 0 aliphatic heterocycles. The number of rotatable bonds is 3. The molecule has 0 aromatic carbocycles. The second-order valence-electron chi connectivity index (χ2n) is 6.42. The number of aliphatic hydroxyl groups is 1. The third kappa shape index (κ3) is 7.59. The normalized spacial score (nSPS) is 19.2. The molecular weight excluding hydrogens is 208 g/mol. The average Bonchev–Trinajstić information content (AvgIpc) is 2.76. The predicted octanol–water partition coefficient (Wildman–Crippen LogP) is 4.95. The minimum atomic E-state index is 0.196. The van der Waals surface area contributed by atoms with Gasteiger partial charge in [0.05, 0.1) is 6.61 Å². The summed E-state index contributed by atoms with van der Waals surface area (Å²) in [6.07, 6.45) is 12.0. The van der Waals surface area contributed by atoms with E-state index >= 15 is 0 Å². The summed E-state index contributed by atoms with van der Waals surface area (Å²) in [5.41, 5.74) is 0.989. The van der Waals surface area contributed by atoms with E-state index in [1.807, 2.05) is 6.08 Å². The van der Waals surface area contributed by atoms with E-state index in [1.165, 1.54) is 38.5 Å². The lowest BCUT2D eigenvalue weighted by Gasteiger charge is -2.22. The Labute approximate surface area is 108 Å². The Morgan fingerprint density at radius 2 is 1.59 bits per heavy atom. The first kappa shape index (κ1) is 16.7. The van der Waals surface area contributed by atoms with Gasteiger partial charge in [0.2, 0.25) is 0 Å². The smallest absolute Gasteiger partial charge is 0.0612 e. The molecule has 0 unspecified atom stereocenters. The number of allylic oxidation sites excluding steroid dienone is 1. The average molecular weight is 240 g/mol. The minimum absolute atomic E-state index is 0.196. The van der Waals surface area contributed by atoms with Gasteiger partial charge in [-0.15, -0.1) is 0 Å². The zero-order valence-corrected chi connectivity index (χ0v) is 12.6. The lowest BCUT2D eigenvalue weighted by atomic mass is 9.83. The van der Waals surface area contributed by atoms with Crippen LogP contribution < -0.4 is 0 Å². The fourth-order valence-corrected chi connectivity index (χ4v) is 2.02. The highest BCUT2D eigenvalue weighted by molar-refractivity contribution is 5.01. The van der Waals surface area contributed by atoms with Crippen molar-refractivity contribution in [2.45, 2.75) is 73.1 Å². The first-order valence-corrected chi connectivity index (χ1v) is 7.17. The Bertz CT molecular complexity index is 204. The fraction of sp³-hybridized carbons (Fsp3) is 0.875. The molecule has 0 spiro atoms. The molecular formula is C16H32O. The molecule has 0 radical (unpaired) electrons. The number of hydrogen-bond donors (Lipinski definition) is 1. The Morgan fingerprint density at radius 1 is 1.12 bits per heavy atom. The van der Waals surface area contributed by atoms with Gasteiger partial charge in [0.1, 0.15) is 0 Å². The van der Waals surface area contributed by atoms with Crippen LogP contribution in [0.1, 0.15) is 73.1 Å². The van der Waals surface area contributed by atoms with E-state index in [0.29, 0.717) is 10.8 Å². The molecule has 0 aromatic heterocycles. The topological polar surface area (TPSA) is 20.2 Å². The lowest BCUT2D eigenvalue weighted by molar-refractivity contribution is 0.333. The fourth-order valence-electron chi connectivity index (χ4n) is 2.02. The third-order valence-corrected chi connectivity index (χ3v) is 3.94. The van der Waals surface area contributed by atoms with Gasteiger partial charge in [-0.3, -0.25) is 0 Å². The molecule has 1 saturated carbocycles. The quantitative estimate of drug-likeness (QED) is 0.692. The zero-order chi connectivity index (χ0) is 13.4. The largest absolute Gasteiger partial charge is 0.392 e. The molecule has 1 aliphatic carbocycles. The van der Waals surface area contributed by atoms with Crippen LogP contribution in [-0.4, -0.2) is 11.7 Å². The van der Waals surface area contributed by atoms with E-state index in [9.17, 15) is 0 Å². The summed E-state index contributed by atoms with van der Waals surface area (Å²) >= 11 is 0. The Morgan fingerprint density at radius 3 is 1.88 bits per heavy atom. The molecule has 17 heavy (non-hydrogen) atoms. The van der Waals surface area contributed by atoms with Crippen LogP contribution in [0.3, 0.4) is 0 Å². The van der Waals surface area contributed by atoms with Crippen LogP contribution in [0.25, 0.3) is 0 Å². The molecule has 0 bridgehead atoms. The molecule has 0 saturated heterocycles. The molecule has 1 fully saturated rings. The highest BCUT2D eigenvalue weighted by atomic mass is 16.2. The maximum atomic E-state index is 8.65. The maximum absolute atomic E-state index is 8.65. The van der Waals surface area contributed by atoms with Crippen LogP contribution in [0.5, 0.6) is 0 Å². The molecule has 0 amide bonds. The molecule has 102 valence electrons. The summed E-state index contributed by atoms with van der Waals surface area (Å²) in [5.74, 6) is 0. The molecule has 1 heteroatoms. The second kappa shape index (κ2) is 7.92. The number of hydrogen-bond acceptors (Lipinski definition) is 1. The van der Waals surface area contributed by atoms with Gasteiger partial charge in [0, 0.05) is 0 Å². The van der Waals surface area contributed by atoms with Crippen molar-refractivity contribution in [3.05, 3.63) is 12.2 Å². The van der Waals surface area contributed by atoms with Crippen LogP contribution in [0.15, 0.2) is 12.2 Å². The van der Waals surface area contributed by atoms with Crippen molar-refractivity contribution >= 4 is 0 Å². The summed E-state index contributed by atoms with van der Waals surface area (Å²) in [6, 6.07) is 0. The lowest BCUT2D eigenvalue weighted by Crippen LogP contribution is -2.10. The van der Waals surface area contributed by atoms with Crippen LogP contribution in [-0.2, 0) is 0 Å². The van der Waals surface area contributed by atoms with E-state index in [0.717, 1.165) is 0 Å². The number of aliphatic hydroxyl groups excluding tert-OH is 1. The van der Waals surface area contributed by atoms with Crippen molar-refractivity contribution in [2.24, 2.45) is 10.8 Å². The predicted molar refractivity (Wildman–Crippen MR) is 77.2 cm³/mol. The zero-order valence-electron chi connectivity index (χ0n) is 12.6. The van der Waals surface area contributed by atoms with E-state index in [4.69, 9.17) is 5.11 Å². The monoisotopic (exact) mass is 240 g/mol. The van der Waals surface area contributed by atoms with Crippen LogP contribution in [0.2, 0.25) is 0 Å². The van der Waals surface area contributed by atoms with E-state index in [-0.39, 0.29) is 6.61 Å². The van der Waals surface area contributed by atoms with E-state index in [2.05, 4.69) is 40.7 Å². The van der Waals surface area contributed by atoms with Gasteiger partial charge in [-0.05, 0) is 30.1 Å². The van der Waals surface area contributed by atoms with Crippen molar-refractivity contribution in [3.8, 4) is 0 Å². The SMILES string of the molecule is CCC(C)(C)C.CCC1(/C=C\CO)CCCC1. The Kier molecular flexibility index (Phi) is 7.78. The molecule has 0 heterocycles. The van der Waals surface area contributed by atoms with Crippen molar-refractivity contribution in [1.82, 2.24) is 0 Å². The van der Waals surface area contributed by atoms with Crippen molar-refractivity contribution < 1.29 is 5.11 Å². The molecule has 0 atom stereocenters. The molecule has 1 nitrogen and oxygen atoms in total. The van der Waals surface area contributed by atoms with E-state index < -0.39 is 0 Å². The van der Waals surface area contributed by atoms with Crippen molar-refractivity contribution in [3.63, 3.8) is 0 Å². The van der Waals surface area contributed by atoms with E-state index in [1.54, 1.807) is 0 Å². The molecule has 1 rings (SSSR count). The Hall–Kier alpha value is -0.300. The van der Waals surface area contributed by atoms with Crippen LogP contribution >= 0.6 is 0 Å². The third-order valence-electron chi connectivity index (χ3n) is 3.94. The van der Waals surface area contributed by atoms with Gasteiger partial charge in [0.25, 0.3) is 0 Å². The maximum Gasteiger partial charge on any atom is 0.0612 e. The van der Waals surface area contributed by atoms with Gasteiger partial charge >= 0.3 is 0 Å². The first-order chi connectivity index (χ1) is 7.89. The van der Waals surface area contributed by atoms with Crippen LogP contribution in [0.4, 0.5) is 0 Å². The summed E-state index contributed by atoms with van der Waals surface area (Å²) < 4.78 is 0. The van der Waals surface area contributed by atoms with Gasteiger partial charge in [0.15, 0.2) is 0 Å². The molecule has 1 N–H and O–H groups in total. The summed E-state index contributed by atoms with van der Waals surface area (Å²) in [5, 5.41) is 8.65. The second-order valence-corrected chi connectivity index (χ2v) is 6.42. The first-order valence-electron chi connectivity index (χ1n) is 7.17. The van der Waals surface area contributed by atoms with Gasteiger partial charge in [-0.25, -0.2) is 0 Å². The summed E-state index contributed by atoms with van der Waals surface area (Å²) in [7, 11) is 0. The highest BCUT2D eigenvalue weighted by Gasteiger charge is 2.28. The minimum Gasteiger partial charge on any atom is -0.392 e. The Balaban J connectivity index is 0.000000366. The highest BCUT2D eigenvalue weighted by Crippen LogP contribution is 2.41. The van der Waals surface area contributed by atoms with Gasteiger partial charge in [-0.2, -0.15) is 0 Å². The van der Waals surface area contributed by atoms with Gasteiger partial charge < -0.3 is 5.11 Å². The molecule has 0 aromatic rings.